The number of hydrogen-bond donors (Lipinski definition) is 1. The van der Waals surface area contributed by atoms with Gasteiger partial charge in [-0.15, -0.1) is 0 Å². The normalized spacial score (nSPS) is 10.5. The topological polar surface area (TPSA) is 46.5 Å². The molecule has 1 rings (SSSR count). The van der Waals surface area contributed by atoms with E-state index >= 15 is 0 Å². The van der Waals surface area contributed by atoms with E-state index in [0.717, 1.165) is 0 Å². The molecule has 15 heavy (non-hydrogen) atoms. The molecule has 0 saturated heterocycles. The molecule has 0 fully saturated rings. The zero-order valence-electron chi connectivity index (χ0n) is 8.24. The Morgan fingerprint density at radius 3 is 2.80 bits per heavy atom. The number of rotatable bonds is 4. The third kappa shape index (κ3) is 2.59. The molecular formula is C11H11BrO3. The molecule has 3 nitrogen and oxygen atoms in total. The van der Waals surface area contributed by atoms with Crippen molar-refractivity contribution in [3.8, 4) is 11.5 Å². The number of phenolic OH excluding ortho intramolecular Hbond substituents is 1. The van der Waals surface area contributed by atoms with Crippen LogP contribution in [0.25, 0.3) is 6.08 Å². The van der Waals surface area contributed by atoms with Gasteiger partial charge in [-0.3, -0.25) is 4.79 Å². The molecule has 0 saturated carbocycles. The second-order valence-corrected chi connectivity index (χ2v) is 3.44. The molecule has 4 heteroatoms. The van der Waals surface area contributed by atoms with Crippen LogP contribution in [-0.2, 0) is 0 Å². The van der Waals surface area contributed by atoms with Crippen LogP contribution in [0.5, 0.6) is 11.5 Å². The van der Waals surface area contributed by atoms with Crippen molar-refractivity contribution in [3.63, 3.8) is 0 Å². The summed E-state index contributed by atoms with van der Waals surface area (Å²) in [5.41, 5.74) is 0.911. The molecule has 0 amide bonds. The Morgan fingerprint density at radius 1 is 1.53 bits per heavy atom. The maximum atomic E-state index is 10.8. The molecule has 0 aliphatic rings. The highest BCUT2D eigenvalue weighted by Gasteiger charge is 2.10. The average Bonchev–Trinajstić information content (AvgIpc) is 2.26. The zero-order valence-corrected chi connectivity index (χ0v) is 9.82. The molecule has 1 aromatic rings. The largest absolute Gasteiger partial charge is 0.504 e. The van der Waals surface area contributed by atoms with E-state index in [1.807, 2.05) is 6.08 Å². The van der Waals surface area contributed by atoms with Crippen molar-refractivity contribution < 1.29 is 14.6 Å². The van der Waals surface area contributed by atoms with Gasteiger partial charge >= 0.3 is 0 Å². The van der Waals surface area contributed by atoms with Crippen LogP contribution >= 0.6 is 15.9 Å². The smallest absolute Gasteiger partial charge is 0.168 e. The lowest BCUT2D eigenvalue weighted by molar-refractivity contribution is 0.112. The van der Waals surface area contributed by atoms with E-state index < -0.39 is 0 Å². The first-order valence-electron chi connectivity index (χ1n) is 4.32. The van der Waals surface area contributed by atoms with E-state index in [2.05, 4.69) is 15.9 Å². The van der Waals surface area contributed by atoms with Crippen molar-refractivity contribution in [1.82, 2.24) is 0 Å². The highest BCUT2D eigenvalue weighted by molar-refractivity contribution is 9.09. The highest BCUT2D eigenvalue weighted by atomic mass is 79.9. The van der Waals surface area contributed by atoms with Crippen molar-refractivity contribution >= 4 is 28.3 Å². The Bertz CT molecular complexity index is 386. The van der Waals surface area contributed by atoms with E-state index in [-0.39, 0.29) is 11.3 Å². The lowest BCUT2D eigenvalue weighted by Crippen LogP contribution is -1.91. The van der Waals surface area contributed by atoms with E-state index in [1.54, 1.807) is 18.2 Å². The third-order valence-electron chi connectivity index (χ3n) is 1.94. The summed E-state index contributed by atoms with van der Waals surface area (Å²) in [6.45, 7) is 0. The van der Waals surface area contributed by atoms with Crippen molar-refractivity contribution in [1.29, 1.82) is 0 Å². The number of carbonyl (C=O) groups excluding carboxylic acids is 1. The summed E-state index contributed by atoms with van der Waals surface area (Å²) in [5.74, 6) is 0.178. The first-order chi connectivity index (χ1) is 7.24. The molecule has 0 heterocycles. The molecule has 0 aliphatic carbocycles. The number of hydrogen-bond acceptors (Lipinski definition) is 3. The van der Waals surface area contributed by atoms with Gasteiger partial charge in [-0.1, -0.05) is 34.1 Å². The summed E-state index contributed by atoms with van der Waals surface area (Å²) < 4.78 is 4.90. The molecule has 0 radical (unpaired) electrons. The number of alkyl halides is 1. The number of ether oxygens (including phenoxy) is 1. The third-order valence-corrected chi connectivity index (χ3v) is 2.31. The maximum Gasteiger partial charge on any atom is 0.168 e. The second kappa shape index (κ2) is 5.56. The van der Waals surface area contributed by atoms with Gasteiger partial charge in [-0.25, -0.2) is 0 Å². The van der Waals surface area contributed by atoms with Crippen LogP contribution in [0.4, 0.5) is 0 Å². The van der Waals surface area contributed by atoms with Crippen molar-refractivity contribution in [2.75, 3.05) is 12.4 Å². The summed E-state index contributed by atoms with van der Waals surface area (Å²) in [5, 5.41) is 10.4. The number of aldehydes is 1. The highest BCUT2D eigenvalue weighted by Crippen LogP contribution is 2.31. The summed E-state index contributed by atoms with van der Waals surface area (Å²) in [7, 11) is 1.44. The molecule has 0 unspecified atom stereocenters. The van der Waals surface area contributed by atoms with Crippen LogP contribution in [0.2, 0.25) is 0 Å². The van der Waals surface area contributed by atoms with E-state index in [0.29, 0.717) is 22.9 Å². The van der Waals surface area contributed by atoms with Gasteiger partial charge in [0.2, 0.25) is 0 Å². The Balaban J connectivity index is 3.24. The predicted molar refractivity (Wildman–Crippen MR) is 62.9 cm³/mol. The lowest BCUT2D eigenvalue weighted by Gasteiger charge is -2.07. The van der Waals surface area contributed by atoms with Gasteiger partial charge in [-0.2, -0.15) is 0 Å². The summed E-state index contributed by atoms with van der Waals surface area (Å²) in [6, 6.07) is 3.34. The van der Waals surface area contributed by atoms with E-state index in [4.69, 9.17) is 4.74 Å². The number of aromatic hydroxyl groups is 1. The van der Waals surface area contributed by atoms with Gasteiger partial charge in [0.25, 0.3) is 0 Å². The Labute approximate surface area is 96.5 Å². The van der Waals surface area contributed by atoms with Crippen LogP contribution in [-0.4, -0.2) is 23.8 Å². The number of methoxy groups -OCH3 is 1. The fourth-order valence-corrected chi connectivity index (χ4v) is 1.40. The quantitative estimate of drug-likeness (QED) is 0.676. The number of halogens is 1. The minimum atomic E-state index is -0.121. The van der Waals surface area contributed by atoms with Crippen molar-refractivity contribution in [2.45, 2.75) is 0 Å². The first-order valence-corrected chi connectivity index (χ1v) is 5.44. The summed E-state index contributed by atoms with van der Waals surface area (Å²) in [4.78, 5) is 10.8. The number of benzene rings is 1. The molecule has 0 atom stereocenters. The molecule has 1 N–H and O–H groups in total. The second-order valence-electron chi connectivity index (χ2n) is 2.79. The Morgan fingerprint density at radius 2 is 2.27 bits per heavy atom. The van der Waals surface area contributed by atoms with Crippen LogP contribution in [0.3, 0.4) is 0 Å². The fourth-order valence-electron chi connectivity index (χ4n) is 1.21. The molecule has 0 aromatic heterocycles. The molecule has 0 spiro atoms. The number of carbonyl (C=O) groups is 1. The maximum absolute atomic E-state index is 10.8. The van der Waals surface area contributed by atoms with Gasteiger partial charge in [0, 0.05) is 5.33 Å². The molecular weight excluding hydrogens is 260 g/mol. The van der Waals surface area contributed by atoms with Gasteiger partial charge in [-0.05, 0) is 11.6 Å². The van der Waals surface area contributed by atoms with Crippen LogP contribution < -0.4 is 4.74 Å². The Hall–Kier alpha value is -1.29. The Kier molecular flexibility index (Phi) is 4.37. The fraction of sp³-hybridized carbons (Fsp3) is 0.182. The van der Waals surface area contributed by atoms with Crippen LogP contribution in [0, 0.1) is 0 Å². The summed E-state index contributed by atoms with van der Waals surface area (Å²) in [6.07, 6.45) is 4.22. The standard InChI is InChI=1S/C11H11BrO3/c1-15-10-5-4-8(3-2-6-12)9(7-13)11(10)14/h2-5,7,14H,6H2,1H3. The molecule has 1 aromatic carbocycles. The lowest BCUT2D eigenvalue weighted by atomic mass is 10.1. The summed E-state index contributed by atoms with van der Waals surface area (Å²) >= 11 is 3.24. The zero-order chi connectivity index (χ0) is 11.3. The number of allylic oxidation sites excluding steroid dienone is 1. The van der Waals surface area contributed by atoms with Gasteiger partial charge in [0.1, 0.15) is 0 Å². The van der Waals surface area contributed by atoms with Crippen LogP contribution in [0.15, 0.2) is 18.2 Å². The minimum absolute atomic E-state index is 0.121. The molecule has 0 aliphatic heterocycles. The van der Waals surface area contributed by atoms with Gasteiger partial charge in [0.05, 0.1) is 12.7 Å². The van der Waals surface area contributed by atoms with E-state index in [1.165, 1.54) is 7.11 Å². The van der Waals surface area contributed by atoms with Crippen molar-refractivity contribution in [3.05, 3.63) is 29.3 Å². The van der Waals surface area contributed by atoms with Crippen molar-refractivity contribution in [2.24, 2.45) is 0 Å². The van der Waals surface area contributed by atoms with Gasteiger partial charge in [0.15, 0.2) is 17.8 Å². The van der Waals surface area contributed by atoms with E-state index in [9.17, 15) is 9.90 Å². The average molecular weight is 271 g/mol. The van der Waals surface area contributed by atoms with Crippen LogP contribution in [0.1, 0.15) is 15.9 Å². The molecule has 0 bridgehead atoms. The predicted octanol–water partition coefficient (Wildman–Crippen LogP) is 2.62. The monoisotopic (exact) mass is 270 g/mol. The SMILES string of the molecule is COc1ccc(C=CCBr)c(C=O)c1O. The first kappa shape index (κ1) is 11.8. The number of phenols is 1. The molecule has 80 valence electrons. The minimum Gasteiger partial charge on any atom is -0.504 e. The van der Waals surface area contributed by atoms with Gasteiger partial charge < -0.3 is 9.84 Å².